The molecular formula is C16H18ClN3O2. The van der Waals surface area contributed by atoms with Gasteiger partial charge in [0, 0.05) is 17.3 Å². The van der Waals surface area contributed by atoms with Crippen LogP contribution in [0, 0.1) is 0 Å². The van der Waals surface area contributed by atoms with Gasteiger partial charge >= 0.3 is 0 Å². The lowest BCUT2D eigenvalue weighted by Crippen LogP contribution is -2.38. The third-order valence-corrected chi connectivity index (χ3v) is 4.22. The second kappa shape index (κ2) is 6.50. The zero-order valence-electron chi connectivity index (χ0n) is 12.1. The number of rotatable bonds is 3. The van der Waals surface area contributed by atoms with Crippen LogP contribution in [0.15, 0.2) is 36.7 Å². The Bertz CT molecular complexity index is 646. The predicted molar refractivity (Wildman–Crippen MR) is 84.3 cm³/mol. The molecule has 1 aliphatic rings. The monoisotopic (exact) mass is 319 g/mol. The van der Waals surface area contributed by atoms with E-state index in [2.05, 4.69) is 10.4 Å². The molecule has 116 valence electrons. The number of amides is 1. The molecule has 0 saturated heterocycles. The van der Waals surface area contributed by atoms with E-state index in [1.165, 1.54) is 0 Å². The van der Waals surface area contributed by atoms with Crippen molar-refractivity contribution in [1.82, 2.24) is 15.1 Å². The molecule has 0 atom stereocenters. The Balaban J connectivity index is 1.65. The molecule has 1 aromatic heterocycles. The molecule has 0 spiro atoms. The first kappa shape index (κ1) is 15.1. The van der Waals surface area contributed by atoms with E-state index in [1.54, 1.807) is 29.2 Å². The normalized spacial score (nSPS) is 21.5. The molecule has 6 heteroatoms. The number of carbonyl (C=O) groups excluding carboxylic acids is 1. The lowest BCUT2D eigenvalue weighted by Gasteiger charge is -2.25. The van der Waals surface area contributed by atoms with Crippen molar-refractivity contribution in [1.29, 1.82) is 0 Å². The van der Waals surface area contributed by atoms with Gasteiger partial charge < -0.3 is 10.4 Å². The number of hydrogen-bond donors (Lipinski definition) is 2. The summed E-state index contributed by atoms with van der Waals surface area (Å²) in [7, 11) is 0. The Morgan fingerprint density at radius 2 is 1.91 bits per heavy atom. The largest absolute Gasteiger partial charge is 0.393 e. The van der Waals surface area contributed by atoms with E-state index < -0.39 is 0 Å². The van der Waals surface area contributed by atoms with E-state index >= 15 is 0 Å². The van der Waals surface area contributed by atoms with Crippen LogP contribution in [-0.2, 0) is 0 Å². The fraction of sp³-hybridized carbons (Fsp3) is 0.375. The molecule has 1 saturated carbocycles. The zero-order valence-corrected chi connectivity index (χ0v) is 12.8. The van der Waals surface area contributed by atoms with E-state index in [0.717, 1.165) is 31.4 Å². The fourth-order valence-corrected chi connectivity index (χ4v) is 2.79. The van der Waals surface area contributed by atoms with Gasteiger partial charge in [-0.3, -0.25) is 4.79 Å². The van der Waals surface area contributed by atoms with Gasteiger partial charge in [0.25, 0.3) is 5.91 Å². The number of nitrogens with one attached hydrogen (secondary N) is 1. The number of aromatic nitrogens is 2. The summed E-state index contributed by atoms with van der Waals surface area (Å²) in [5, 5.41) is 17.4. The van der Waals surface area contributed by atoms with Gasteiger partial charge in [-0.1, -0.05) is 11.6 Å². The van der Waals surface area contributed by atoms with E-state index in [1.807, 2.05) is 12.1 Å². The Hall–Kier alpha value is -1.85. The molecule has 1 aliphatic carbocycles. The van der Waals surface area contributed by atoms with Crippen molar-refractivity contribution in [2.45, 2.75) is 37.8 Å². The predicted octanol–water partition coefficient (Wildman–Crippen LogP) is 2.56. The zero-order chi connectivity index (χ0) is 15.5. The standard InChI is InChI=1S/C16H18ClN3O2/c17-12-1-5-14(6-2-12)20-10-11(9-18-20)16(22)19-13-3-7-15(21)8-4-13/h1-2,5-6,9-10,13,15,21H,3-4,7-8H2,(H,19,22). The first-order valence-electron chi connectivity index (χ1n) is 7.41. The van der Waals surface area contributed by atoms with Crippen molar-refractivity contribution in [2.24, 2.45) is 0 Å². The molecule has 2 aromatic rings. The van der Waals surface area contributed by atoms with Crippen molar-refractivity contribution in [3.8, 4) is 5.69 Å². The van der Waals surface area contributed by atoms with Crippen molar-refractivity contribution in [2.75, 3.05) is 0 Å². The highest BCUT2D eigenvalue weighted by molar-refractivity contribution is 6.30. The van der Waals surface area contributed by atoms with E-state index in [4.69, 9.17) is 11.6 Å². The molecule has 1 amide bonds. The second-order valence-electron chi connectivity index (χ2n) is 5.63. The summed E-state index contributed by atoms with van der Waals surface area (Å²) >= 11 is 5.86. The molecule has 0 bridgehead atoms. The minimum Gasteiger partial charge on any atom is -0.393 e. The summed E-state index contributed by atoms with van der Waals surface area (Å²) in [6.45, 7) is 0. The maximum Gasteiger partial charge on any atom is 0.254 e. The van der Waals surface area contributed by atoms with Crippen molar-refractivity contribution >= 4 is 17.5 Å². The number of nitrogens with zero attached hydrogens (tertiary/aromatic N) is 2. The lowest BCUT2D eigenvalue weighted by atomic mass is 9.93. The minimum atomic E-state index is -0.221. The third kappa shape index (κ3) is 3.48. The smallest absolute Gasteiger partial charge is 0.254 e. The minimum absolute atomic E-state index is 0.124. The Morgan fingerprint density at radius 3 is 2.59 bits per heavy atom. The van der Waals surface area contributed by atoms with Gasteiger partial charge in [-0.15, -0.1) is 0 Å². The summed E-state index contributed by atoms with van der Waals surface area (Å²) < 4.78 is 1.65. The van der Waals surface area contributed by atoms with Crippen LogP contribution >= 0.6 is 11.6 Å². The molecule has 1 fully saturated rings. The topological polar surface area (TPSA) is 67.2 Å². The number of aliphatic hydroxyl groups is 1. The average Bonchev–Trinajstić information content (AvgIpc) is 3.00. The van der Waals surface area contributed by atoms with Crippen LogP contribution in [0.25, 0.3) is 5.69 Å². The summed E-state index contributed by atoms with van der Waals surface area (Å²) in [6, 6.07) is 7.39. The summed E-state index contributed by atoms with van der Waals surface area (Å²) in [4.78, 5) is 12.2. The second-order valence-corrected chi connectivity index (χ2v) is 6.07. The first-order valence-corrected chi connectivity index (χ1v) is 7.79. The Kier molecular flexibility index (Phi) is 4.45. The SMILES string of the molecule is O=C(NC1CCC(O)CC1)c1cnn(-c2ccc(Cl)cc2)c1. The van der Waals surface area contributed by atoms with Crippen LogP contribution in [0.2, 0.25) is 5.02 Å². The number of hydrogen-bond acceptors (Lipinski definition) is 3. The van der Waals surface area contributed by atoms with Crippen LogP contribution in [0.4, 0.5) is 0 Å². The van der Waals surface area contributed by atoms with Gasteiger partial charge in [0.1, 0.15) is 0 Å². The molecule has 0 aliphatic heterocycles. The quantitative estimate of drug-likeness (QED) is 0.913. The Labute approximate surface area is 133 Å². The van der Waals surface area contributed by atoms with Crippen LogP contribution < -0.4 is 5.32 Å². The van der Waals surface area contributed by atoms with Crippen molar-refractivity contribution < 1.29 is 9.90 Å². The van der Waals surface area contributed by atoms with Crippen LogP contribution in [0.5, 0.6) is 0 Å². The van der Waals surface area contributed by atoms with Gasteiger partial charge in [-0.05, 0) is 49.9 Å². The average molecular weight is 320 g/mol. The Morgan fingerprint density at radius 1 is 1.23 bits per heavy atom. The maximum absolute atomic E-state index is 12.2. The molecule has 3 rings (SSSR count). The van der Waals surface area contributed by atoms with Crippen LogP contribution in [-0.4, -0.2) is 32.9 Å². The fourth-order valence-electron chi connectivity index (χ4n) is 2.66. The number of aliphatic hydroxyl groups excluding tert-OH is 1. The molecule has 22 heavy (non-hydrogen) atoms. The van der Waals surface area contributed by atoms with E-state index in [-0.39, 0.29) is 18.1 Å². The van der Waals surface area contributed by atoms with Crippen molar-refractivity contribution in [3.63, 3.8) is 0 Å². The highest BCUT2D eigenvalue weighted by atomic mass is 35.5. The number of benzene rings is 1. The van der Waals surface area contributed by atoms with Gasteiger partial charge in [0.2, 0.25) is 0 Å². The van der Waals surface area contributed by atoms with Gasteiger partial charge in [0.15, 0.2) is 0 Å². The molecule has 5 nitrogen and oxygen atoms in total. The summed E-state index contributed by atoms with van der Waals surface area (Å²) in [6.07, 6.45) is 6.17. The van der Waals surface area contributed by atoms with Crippen LogP contribution in [0.3, 0.4) is 0 Å². The van der Waals surface area contributed by atoms with Gasteiger partial charge in [0.05, 0.1) is 23.6 Å². The van der Waals surface area contributed by atoms with Crippen LogP contribution in [0.1, 0.15) is 36.0 Å². The molecule has 1 heterocycles. The molecule has 2 N–H and O–H groups in total. The third-order valence-electron chi connectivity index (χ3n) is 3.97. The maximum atomic E-state index is 12.2. The molecule has 0 unspecified atom stereocenters. The van der Waals surface area contributed by atoms with E-state index in [9.17, 15) is 9.90 Å². The molecule has 1 aromatic carbocycles. The highest BCUT2D eigenvalue weighted by Gasteiger charge is 2.21. The van der Waals surface area contributed by atoms with Gasteiger partial charge in [-0.2, -0.15) is 5.10 Å². The summed E-state index contributed by atoms with van der Waals surface area (Å²) in [5.41, 5.74) is 1.38. The highest BCUT2D eigenvalue weighted by Crippen LogP contribution is 2.19. The number of carbonyl (C=O) groups is 1. The number of halogens is 1. The van der Waals surface area contributed by atoms with E-state index in [0.29, 0.717) is 10.6 Å². The summed E-state index contributed by atoms with van der Waals surface area (Å²) in [5.74, 6) is -0.124. The van der Waals surface area contributed by atoms with Gasteiger partial charge in [-0.25, -0.2) is 4.68 Å². The lowest BCUT2D eigenvalue weighted by molar-refractivity contribution is 0.0867. The van der Waals surface area contributed by atoms with Crippen molar-refractivity contribution in [3.05, 3.63) is 47.2 Å². The molecular weight excluding hydrogens is 302 g/mol. The first-order chi connectivity index (χ1) is 10.6. The molecule has 0 radical (unpaired) electrons.